The van der Waals surface area contributed by atoms with E-state index in [9.17, 15) is 4.79 Å². The molecule has 70 valence electrons. The van der Waals surface area contributed by atoms with Gasteiger partial charge < -0.3 is 9.94 Å². The fourth-order valence-electron chi connectivity index (χ4n) is 1.20. The molecule has 0 aromatic rings. The monoisotopic (exact) mass is 191 g/mol. The van der Waals surface area contributed by atoms with Crippen molar-refractivity contribution in [2.24, 2.45) is 5.92 Å². The zero-order chi connectivity index (χ0) is 9.14. The van der Waals surface area contributed by atoms with Crippen LogP contribution in [0.1, 0.15) is 19.8 Å². The summed E-state index contributed by atoms with van der Waals surface area (Å²) >= 11 is 3.66. The van der Waals surface area contributed by atoms with Crippen molar-refractivity contribution in [3.05, 3.63) is 0 Å². The van der Waals surface area contributed by atoms with Crippen LogP contribution in [-0.4, -0.2) is 28.3 Å². The van der Waals surface area contributed by atoms with Gasteiger partial charge in [-0.05, 0) is 12.8 Å². The minimum absolute atomic E-state index is 0.00619. The Balaban J connectivity index is 2.35. The maximum absolute atomic E-state index is 11.0. The minimum Gasteiger partial charge on any atom is -0.461 e. The van der Waals surface area contributed by atoms with E-state index in [1.54, 1.807) is 0 Å². The largest absolute Gasteiger partial charge is 0.461 e. The number of esters is 1. The number of hydrogen-bond acceptors (Lipinski definition) is 5. The van der Waals surface area contributed by atoms with Gasteiger partial charge in [-0.1, -0.05) is 19.7 Å². The molecule has 1 aliphatic rings. The van der Waals surface area contributed by atoms with Crippen LogP contribution in [0.25, 0.3) is 0 Å². The van der Waals surface area contributed by atoms with Crippen LogP contribution < -0.4 is 0 Å². The van der Waals surface area contributed by atoms with Crippen LogP contribution in [0.4, 0.5) is 0 Å². The van der Waals surface area contributed by atoms with Crippen molar-refractivity contribution in [1.29, 1.82) is 0 Å². The molecule has 1 fully saturated rings. The fraction of sp³-hybridized carbons (Fsp3) is 0.857. The number of cyclic esters (lactones) is 1. The van der Waals surface area contributed by atoms with E-state index in [0.29, 0.717) is 0 Å². The van der Waals surface area contributed by atoms with Gasteiger partial charge in [0.2, 0.25) is 0 Å². The summed E-state index contributed by atoms with van der Waals surface area (Å²) < 4.78 is 5.76. The summed E-state index contributed by atoms with van der Waals surface area (Å²) in [5, 5.41) is 8.76. The van der Waals surface area contributed by atoms with E-state index in [1.165, 1.54) is 0 Å². The summed E-state index contributed by atoms with van der Waals surface area (Å²) in [5.74, 6) is -0.185. The molecule has 2 atom stereocenters. The number of thiol groups is 1. The van der Waals surface area contributed by atoms with Gasteiger partial charge in [0.05, 0.1) is 12.5 Å². The van der Waals surface area contributed by atoms with Crippen LogP contribution in [0, 0.1) is 5.92 Å². The second-order valence-electron chi connectivity index (χ2n) is 3.09. The number of nitrogens with zero attached hydrogens (tertiary/aromatic N) is 1. The van der Waals surface area contributed by atoms with Gasteiger partial charge in [-0.2, -0.15) is 0 Å². The third-order valence-corrected chi connectivity index (χ3v) is 2.14. The van der Waals surface area contributed by atoms with Gasteiger partial charge in [0.15, 0.2) is 0 Å². The average molecular weight is 191 g/mol. The second kappa shape index (κ2) is 4.11. The van der Waals surface area contributed by atoms with Gasteiger partial charge in [0, 0.05) is 0 Å². The Morgan fingerprint density at radius 2 is 2.42 bits per heavy atom. The lowest BCUT2D eigenvalue weighted by Gasteiger charge is -2.26. The van der Waals surface area contributed by atoms with Gasteiger partial charge in [-0.25, -0.2) is 0 Å². The highest BCUT2D eigenvalue weighted by Gasteiger charge is 2.27. The molecule has 12 heavy (non-hydrogen) atoms. The van der Waals surface area contributed by atoms with Crippen LogP contribution in [-0.2, 0) is 9.53 Å². The van der Waals surface area contributed by atoms with Gasteiger partial charge >= 0.3 is 5.97 Å². The van der Waals surface area contributed by atoms with E-state index in [1.807, 2.05) is 6.92 Å². The molecule has 0 bridgehead atoms. The van der Waals surface area contributed by atoms with E-state index < -0.39 is 0 Å². The number of carbonyl (C=O) groups is 1. The molecule has 0 spiro atoms. The molecule has 0 saturated carbocycles. The van der Waals surface area contributed by atoms with E-state index in [-0.39, 0.29) is 24.5 Å². The number of ether oxygens (including phenoxy) is 1. The lowest BCUT2D eigenvalue weighted by Crippen LogP contribution is -2.35. The third kappa shape index (κ3) is 2.66. The normalized spacial score (nSPS) is 30.5. The molecule has 0 aromatic heterocycles. The number of hydrogen-bond donors (Lipinski definition) is 2. The molecule has 2 unspecified atom stereocenters. The SMILES string of the molecule is CC1CCC(CN(O)S)OC1=O. The van der Waals surface area contributed by atoms with Crippen LogP contribution in [0.15, 0.2) is 0 Å². The molecule has 1 heterocycles. The fourth-order valence-corrected chi connectivity index (χ4v) is 1.39. The molecular weight excluding hydrogens is 178 g/mol. The van der Waals surface area contributed by atoms with Gasteiger partial charge in [0.25, 0.3) is 0 Å². The molecular formula is C7H13NO3S. The van der Waals surface area contributed by atoms with E-state index in [2.05, 4.69) is 12.8 Å². The molecule has 1 rings (SSSR count). The van der Waals surface area contributed by atoms with E-state index in [0.717, 1.165) is 17.3 Å². The van der Waals surface area contributed by atoms with Crippen LogP contribution in [0.2, 0.25) is 0 Å². The molecule has 0 aliphatic carbocycles. The lowest BCUT2D eigenvalue weighted by molar-refractivity contribution is -0.162. The Kier molecular flexibility index (Phi) is 3.37. The Morgan fingerprint density at radius 1 is 1.75 bits per heavy atom. The predicted octanol–water partition coefficient (Wildman–Crippen LogP) is 0.864. The molecule has 0 amide bonds. The second-order valence-corrected chi connectivity index (χ2v) is 3.55. The van der Waals surface area contributed by atoms with Crippen molar-refractivity contribution >= 4 is 18.8 Å². The zero-order valence-electron chi connectivity index (χ0n) is 6.93. The maximum atomic E-state index is 11.0. The molecule has 1 saturated heterocycles. The summed E-state index contributed by atoms with van der Waals surface area (Å²) in [5.41, 5.74) is 0. The quantitative estimate of drug-likeness (QED) is 0.386. The van der Waals surface area contributed by atoms with Crippen molar-refractivity contribution in [3.63, 3.8) is 0 Å². The molecule has 0 aromatic carbocycles. The molecule has 1 N–H and O–H groups in total. The van der Waals surface area contributed by atoms with Crippen molar-refractivity contribution in [2.75, 3.05) is 6.54 Å². The summed E-state index contributed by atoms with van der Waals surface area (Å²) in [4.78, 5) is 11.0. The molecule has 0 radical (unpaired) electrons. The van der Waals surface area contributed by atoms with Crippen molar-refractivity contribution < 1.29 is 14.7 Å². The smallest absolute Gasteiger partial charge is 0.308 e. The Labute approximate surface area is 77.0 Å². The lowest BCUT2D eigenvalue weighted by atomic mass is 10.00. The van der Waals surface area contributed by atoms with Crippen molar-refractivity contribution in [3.8, 4) is 0 Å². The highest BCUT2D eigenvalue weighted by atomic mass is 32.1. The van der Waals surface area contributed by atoms with Crippen LogP contribution in [0.3, 0.4) is 0 Å². The summed E-state index contributed by atoms with van der Waals surface area (Å²) in [6, 6.07) is 0. The highest BCUT2D eigenvalue weighted by molar-refractivity contribution is 7.77. The van der Waals surface area contributed by atoms with E-state index >= 15 is 0 Å². The first kappa shape index (κ1) is 9.83. The Bertz CT molecular complexity index is 174. The topological polar surface area (TPSA) is 49.8 Å². The Hall–Kier alpha value is -0.260. The third-order valence-electron chi connectivity index (χ3n) is 1.97. The average Bonchev–Trinajstić information content (AvgIpc) is 1.96. The first-order valence-electron chi connectivity index (χ1n) is 3.95. The zero-order valence-corrected chi connectivity index (χ0v) is 7.83. The first-order chi connectivity index (χ1) is 5.59. The Morgan fingerprint density at radius 3 is 2.92 bits per heavy atom. The predicted molar refractivity (Wildman–Crippen MR) is 45.8 cm³/mol. The van der Waals surface area contributed by atoms with Crippen LogP contribution in [0.5, 0.6) is 0 Å². The van der Waals surface area contributed by atoms with Gasteiger partial charge in [0.1, 0.15) is 6.10 Å². The number of rotatable bonds is 2. The van der Waals surface area contributed by atoms with Gasteiger partial charge in [-0.15, -0.1) is 4.47 Å². The summed E-state index contributed by atoms with van der Waals surface area (Å²) in [7, 11) is 0. The number of carbonyl (C=O) groups excluding carboxylic acids is 1. The summed E-state index contributed by atoms with van der Waals surface area (Å²) in [6.45, 7) is 2.11. The minimum atomic E-state index is -0.212. The van der Waals surface area contributed by atoms with Crippen LogP contribution >= 0.6 is 12.8 Å². The maximum Gasteiger partial charge on any atom is 0.308 e. The molecule has 4 nitrogen and oxygen atoms in total. The number of hydroxylamine groups is 1. The van der Waals surface area contributed by atoms with E-state index in [4.69, 9.17) is 9.94 Å². The van der Waals surface area contributed by atoms with Crippen molar-refractivity contribution in [1.82, 2.24) is 4.47 Å². The first-order valence-corrected chi connectivity index (χ1v) is 4.35. The molecule has 1 aliphatic heterocycles. The van der Waals surface area contributed by atoms with Crippen molar-refractivity contribution in [2.45, 2.75) is 25.9 Å². The van der Waals surface area contributed by atoms with Gasteiger partial charge in [-0.3, -0.25) is 4.79 Å². The highest BCUT2D eigenvalue weighted by Crippen LogP contribution is 2.20. The summed E-state index contributed by atoms with van der Waals surface area (Å²) in [6.07, 6.45) is 1.41. The standard InChI is InChI=1S/C7H13NO3S/c1-5-2-3-6(4-8(10)12)11-7(5)9/h5-6,10,12H,2-4H2,1H3. The molecule has 5 heteroatoms.